The van der Waals surface area contributed by atoms with Crippen molar-refractivity contribution in [3.63, 3.8) is 0 Å². The topological polar surface area (TPSA) is 47.4 Å². The van der Waals surface area contributed by atoms with E-state index in [0.29, 0.717) is 10.1 Å². The van der Waals surface area contributed by atoms with Crippen LogP contribution in [-0.2, 0) is 4.74 Å². The zero-order chi connectivity index (χ0) is 16.5. The minimum atomic E-state index is -0.533. The lowest BCUT2D eigenvalue weighted by atomic mass is 9.97. The van der Waals surface area contributed by atoms with Crippen LogP contribution in [-0.4, -0.2) is 39.0 Å². The number of halogens is 2. The fraction of sp³-hybridized carbons (Fsp3) is 0.733. The maximum absolute atomic E-state index is 14.1. The van der Waals surface area contributed by atoms with Gasteiger partial charge in [-0.2, -0.15) is 9.49 Å². The van der Waals surface area contributed by atoms with Crippen molar-refractivity contribution in [2.75, 3.05) is 6.54 Å². The molecule has 0 radical (unpaired) electrons. The molecule has 0 saturated carbocycles. The predicted octanol–water partition coefficient (Wildman–Crippen LogP) is 3.98. The maximum atomic E-state index is 14.1. The summed E-state index contributed by atoms with van der Waals surface area (Å²) in [5.74, 6) is -0.345. The molecule has 1 aromatic heterocycles. The average molecular weight is 423 g/mol. The van der Waals surface area contributed by atoms with Crippen LogP contribution in [0.1, 0.15) is 53.0 Å². The molecule has 1 fully saturated rings. The van der Waals surface area contributed by atoms with Gasteiger partial charge in [0.05, 0.1) is 21.9 Å². The summed E-state index contributed by atoms with van der Waals surface area (Å²) >= 11 is 1.92. The van der Waals surface area contributed by atoms with Crippen molar-refractivity contribution in [3.05, 3.63) is 15.7 Å². The summed E-state index contributed by atoms with van der Waals surface area (Å²) in [4.78, 5) is 14.2. The third-order valence-electron chi connectivity index (χ3n) is 3.81. The molecule has 2 heterocycles. The van der Waals surface area contributed by atoms with Gasteiger partial charge in [-0.3, -0.25) is 0 Å². The van der Waals surface area contributed by atoms with E-state index in [4.69, 9.17) is 4.74 Å². The van der Waals surface area contributed by atoms with E-state index in [-0.39, 0.29) is 24.1 Å². The van der Waals surface area contributed by atoms with Crippen LogP contribution in [0.25, 0.3) is 0 Å². The molecule has 1 aromatic rings. The molecule has 5 nitrogen and oxygen atoms in total. The molecule has 1 aliphatic rings. The fourth-order valence-corrected chi connectivity index (χ4v) is 3.15. The Morgan fingerprint density at radius 3 is 2.73 bits per heavy atom. The quantitative estimate of drug-likeness (QED) is 0.677. The van der Waals surface area contributed by atoms with Gasteiger partial charge >= 0.3 is 6.09 Å². The molecule has 124 valence electrons. The lowest BCUT2D eigenvalue weighted by Gasteiger charge is -2.39. The molecular formula is C15H23FIN3O2. The summed E-state index contributed by atoms with van der Waals surface area (Å²) in [6.45, 7) is 8.10. The van der Waals surface area contributed by atoms with Gasteiger partial charge < -0.3 is 9.64 Å². The standard InChI is InChI=1S/C15H23FIN3O2/c1-10(20-13(16)11(17)9-18-20)12-7-5-6-8-19(12)14(21)22-15(2,3)4/h9-10,12H,5-8H2,1-4H3. The third kappa shape index (κ3) is 3.91. The van der Waals surface area contributed by atoms with Gasteiger partial charge in [0, 0.05) is 6.54 Å². The second-order valence-corrected chi connectivity index (χ2v) is 7.87. The Morgan fingerprint density at radius 1 is 1.50 bits per heavy atom. The monoisotopic (exact) mass is 423 g/mol. The Bertz CT molecular complexity index is 541. The number of carbonyl (C=O) groups is 1. The fourth-order valence-electron chi connectivity index (χ4n) is 2.78. The highest BCUT2D eigenvalue weighted by atomic mass is 127. The minimum absolute atomic E-state index is 0.103. The second kappa shape index (κ2) is 6.72. The van der Waals surface area contributed by atoms with Crippen LogP contribution in [0.15, 0.2) is 6.20 Å². The molecule has 0 bridgehead atoms. The van der Waals surface area contributed by atoms with Crippen LogP contribution in [0, 0.1) is 9.52 Å². The van der Waals surface area contributed by atoms with E-state index in [9.17, 15) is 9.18 Å². The predicted molar refractivity (Wildman–Crippen MR) is 90.2 cm³/mol. The molecule has 0 aromatic carbocycles. The second-order valence-electron chi connectivity index (χ2n) is 6.71. The van der Waals surface area contributed by atoms with E-state index in [1.165, 1.54) is 10.9 Å². The van der Waals surface area contributed by atoms with Crippen molar-refractivity contribution >= 4 is 28.7 Å². The van der Waals surface area contributed by atoms with Crippen molar-refractivity contribution in [2.24, 2.45) is 0 Å². The summed E-state index contributed by atoms with van der Waals surface area (Å²) in [5, 5.41) is 4.11. The number of nitrogens with zero attached hydrogens (tertiary/aromatic N) is 3. The van der Waals surface area contributed by atoms with Crippen molar-refractivity contribution in [2.45, 2.75) is 64.6 Å². The van der Waals surface area contributed by atoms with Crippen molar-refractivity contribution in [3.8, 4) is 0 Å². The molecule has 0 N–H and O–H groups in total. The molecule has 2 atom stereocenters. The first-order valence-corrected chi connectivity index (χ1v) is 8.66. The highest BCUT2D eigenvalue weighted by molar-refractivity contribution is 14.1. The van der Waals surface area contributed by atoms with Gasteiger partial charge in [-0.1, -0.05) is 0 Å². The molecule has 1 saturated heterocycles. The normalized spacial score (nSPS) is 20.8. The first-order valence-electron chi connectivity index (χ1n) is 7.59. The number of likely N-dealkylation sites (tertiary alicyclic amines) is 1. The van der Waals surface area contributed by atoms with E-state index in [2.05, 4.69) is 5.10 Å². The number of aromatic nitrogens is 2. The Kier molecular flexibility index (Phi) is 5.34. The number of piperidine rings is 1. The zero-order valence-electron chi connectivity index (χ0n) is 13.5. The molecule has 0 spiro atoms. The number of hydrogen-bond donors (Lipinski definition) is 0. The maximum Gasteiger partial charge on any atom is 0.410 e. The lowest BCUT2D eigenvalue weighted by molar-refractivity contribution is 0.00209. The molecule has 0 aliphatic carbocycles. The summed E-state index contributed by atoms with van der Waals surface area (Å²) in [5.41, 5.74) is -0.533. The van der Waals surface area contributed by atoms with Gasteiger partial charge in [0.25, 0.3) is 0 Å². The van der Waals surface area contributed by atoms with Crippen molar-refractivity contribution in [1.29, 1.82) is 0 Å². The van der Waals surface area contributed by atoms with E-state index in [1.54, 1.807) is 4.90 Å². The van der Waals surface area contributed by atoms with Crippen LogP contribution < -0.4 is 0 Å². The number of carbonyl (C=O) groups excluding carboxylic acids is 1. The van der Waals surface area contributed by atoms with Crippen LogP contribution in [0.2, 0.25) is 0 Å². The van der Waals surface area contributed by atoms with E-state index >= 15 is 0 Å². The average Bonchev–Trinajstić information content (AvgIpc) is 2.76. The summed E-state index contributed by atoms with van der Waals surface area (Å²) < 4.78 is 21.5. The molecule has 1 amide bonds. The largest absolute Gasteiger partial charge is 0.444 e. The molecule has 22 heavy (non-hydrogen) atoms. The smallest absolute Gasteiger partial charge is 0.410 e. The number of hydrogen-bond acceptors (Lipinski definition) is 3. The van der Waals surface area contributed by atoms with Crippen molar-refractivity contribution in [1.82, 2.24) is 14.7 Å². The van der Waals surface area contributed by atoms with Gasteiger partial charge in [0.15, 0.2) is 0 Å². The minimum Gasteiger partial charge on any atom is -0.444 e. The summed E-state index contributed by atoms with van der Waals surface area (Å²) in [6.07, 6.45) is 3.98. The van der Waals surface area contributed by atoms with Crippen LogP contribution in [0.4, 0.5) is 9.18 Å². The lowest BCUT2D eigenvalue weighted by Crippen LogP contribution is -2.49. The van der Waals surface area contributed by atoms with Gasteiger partial charge in [0.1, 0.15) is 5.60 Å². The molecule has 1 aliphatic heterocycles. The van der Waals surface area contributed by atoms with Crippen LogP contribution >= 0.6 is 22.6 Å². The molecule has 2 rings (SSSR count). The van der Waals surface area contributed by atoms with E-state index < -0.39 is 5.60 Å². The first kappa shape index (κ1) is 17.5. The Labute approximate surface area is 144 Å². The zero-order valence-corrected chi connectivity index (χ0v) is 15.6. The molecular weight excluding hydrogens is 400 g/mol. The highest BCUT2D eigenvalue weighted by Gasteiger charge is 2.35. The van der Waals surface area contributed by atoms with Gasteiger partial charge in [-0.25, -0.2) is 9.48 Å². The van der Waals surface area contributed by atoms with Crippen LogP contribution in [0.3, 0.4) is 0 Å². The summed E-state index contributed by atoms with van der Waals surface area (Å²) in [7, 11) is 0. The Morgan fingerprint density at radius 2 is 2.18 bits per heavy atom. The first-order chi connectivity index (χ1) is 10.2. The highest BCUT2D eigenvalue weighted by Crippen LogP contribution is 2.29. The van der Waals surface area contributed by atoms with Crippen LogP contribution in [0.5, 0.6) is 0 Å². The summed E-state index contributed by atoms with van der Waals surface area (Å²) in [6, 6.07) is -0.329. The van der Waals surface area contributed by atoms with Gasteiger partial charge in [-0.15, -0.1) is 0 Å². The SMILES string of the molecule is CC(C1CCCCN1C(=O)OC(C)(C)C)n1ncc(I)c1F. The molecule has 2 unspecified atom stereocenters. The number of ether oxygens (including phenoxy) is 1. The number of rotatable bonds is 2. The molecule has 7 heteroatoms. The van der Waals surface area contributed by atoms with E-state index in [1.807, 2.05) is 50.3 Å². The Balaban J connectivity index is 2.19. The number of amides is 1. The van der Waals surface area contributed by atoms with Crippen molar-refractivity contribution < 1.29 is 13.9 Å². The van der Waals surface area contributed by atoms with Gasteiger partial charge in [-0.05, 0) is 69.5 Å². The third-order valence-corrected chi connectivity index (χ3v) is 4.54. The Hall–Kier alpha value is -0.860. The van der Waals surface area contributed by atoms with E-state index in [0.717, 1.165) is 19.3 Å². The van der Waals surface area contributed by atoms with Gasteiger partial charge in [0.2, 0.25) is 5.95 Å².